The maximum Gasteiger partial charge on any atom is 0.573 e. The van der Waals surface area contributed by atoms with Crippen molar-refractivity contribution >= 4 is 0 Å². The minimum atomic E-state index is -4.71. The summed E-state index contributed by atoms with van der Waals surface area (Å²) in [6.45, 7) is 0.693. The third-order valence-corrected chi connectivity index (χ3v) is 3.33. The Balaban J connectivity index is 2.06. The maximum absolute atomic E-state index is 12.4. The van der Waals surface area contributed by atoms with Crippen molar-refractivity contribution in [1.82, 2.24) is 0 Å². The Morgan fingerprint density at radius 3 is 2.70 bits per heavy atom. The zero-order chi connectivity index (χ0) is 14.6. The number of nitrogens with two attached hydrogens (primary N) is 1. The van der Waals surface area contributed by atoms with E-state index >= 15 is 0 Å². The summed E-state index contributed by atoms with van der Waals surface area (Å²) in [5.41, 5.74) is 6.38. The summed E-state index contributed by atoms with van der Waals surface area (Å²) in [6, 6.07) is 5.46. The SMILES string of the molecule is NC(CC1CCCCO1)c1ccccc1OC(F)(F)F. The molecule has 0 spiro atoms. The van der Waals surface area contributed by atoms with E-state index in [2.05, 4.69) is 4.74 Å². The van der Waals surface area contributed by atoms with Crippen LogP contribution in [-0.2, 0) is 4.74 Å². The van der Waals surface area contributed by atoms with E-state index < -0.39 is 12.4 Å². The first-order valence-electron chi connectivity index (χ1n) is 6.67. The van der Waals surface area contributed by atoms with Crippen molar-refractivity contribution in [2.75, 3.05) is 6.61 Å². The molecule has 1 saturated heterocycles. The molecule has 1 aromatic rings. The van der Waals surface area contributed by atoms with E-state index in [1.54, 1.807) is 12.1 Å². The third-order valence-electron chi connectivity index (χ3n) is 3.33. The number of para-hydroxylation sites is 1. The molecule has 2 atom stereocenters. The van der Waals surface area contributed by atoms with Crippen LogP contribution in [0.25, 0.3) is 0 Å². The van der Waals surface area contributed by atoms with Crippen molar-refractivity contribution in [2.45, 2.75) is 44.2 Å². The third kappa shape index (κ3) is 4.38. The lowest BCUT2D eigenvalue weighted by molar-refractivity contribution is -0.275. The van der Waals surface area contributed by atoms with Gasteiger partial charge in [0.1, 0.15) is 5.75 Å². The van der Waals surface area contributed by atoms with E-state index in [4.69, 9.17) is 10.5 Å². The van der Waals surface area contributed by atoms with Crippen molar-refractivity contribution in [1.29, 1.82) is 0 Å². The first-order valence-corrected chi connectivity index (χ1v) is 6.67. The molecular weight excluding hydrogens is 271 g/mol. The average molecular weight is 289 g/mol. The van der Waals surface area contributed by atoms with Crippen LogP contribution in [0.15, 0.2) is 24.3 Å². The zero-order valence-corrected chi connectivity index (χ0v) is 11.0. The largest absolute Gasteiger partial charge is 0.573 e. The number of halogens is 3. The van der Waals surface area contributed by atoms with Gasteiger partial charge in [-0.25, -0.2) is 0 Å². The van der Waals surface area contributed by atoms with Gasteiger partial charge in [0, 0.05) is 18.2 Å². The topological polar surface area (TPSA) is 44.5 Å². The number of ether oxygens (including phenoxy) is 2. The van der Waals surface area contributed by atoms with Gasteiger partial charge in [0.25, 0.3) is 0 Å². The summed E-state index contributed by atoms with van der Waals surface area (Å²) in [7, 11) is 0. The first kappa shape index (κ1) is 15.1. The van der Waals surface area contributed by atoms with Crippen LogP contribution in [0.3, 0.4) is 0 Å². The number of alkyl halides is 3. The quantitative estimate of drug-likeness (QED) is 0.922. The smallest absolute Gasteiger partial charge is 0.405 e. The van der Waals surface area contributed by atoms with Gasteiger partial charge in [0.05, 0.1) is 6.10 Å². The minimum absolute atomic E-state index is 0.0118. The summed E-state index contributed by atoms with van der Waals surface area (Å²) in [4.78, 5) is 0. The Hall–Kier alpha value is -1.27. The molecule has 1 aromatic carbocycles. The molecule has 2 unspecified atom stereocenters. The molecule has 2 rings (SSSR count). The van der Waals surface area contributed by atoms with Gasteiger partial charge in [0.2, 0.25) is 0 Å². The van der Waals surface area contributed by atoms with Gasteiger partial charge in [-0.15, -0.1) is 13.2 Å². The van der Waals surface area contributed by atoms with Gasteiger partial charge in [-0.1, -0.05) is 18.2 Å². The molecule has 1 aliphatic rings. The molecule has 20 heavy (non-hydrogen) atoms. The minimum Gasteiger partial charge on any atom is -0.405 e. The van der Waals surface area contributed by atoms with E-state index in [-0.39, 0.29) is 11.9 Å². The van der Waals surface area contributed by atoms with Crippen LogP contribution in [-0.4, -0.2) is 19.1 Å². The molecule has 0 aromatic heterocycles. The normalized spacial score (nSPS) is 21.5. The van der Waals surface area contributed by atoms with Crippen molar-refractivity contribution < 1.29 is 22.6 Å². The molecule has 1 aliphatic heterocycles. The molecule has 0 saturated carbocycles. The molecule has 0 aliphatic carbocycles. The predicted octanol–water partition coefficient (Wildman–Crippen LogP) is 3.54. The molecule has 0 bridgehead atoms. The fourth-order valence-corrected chi connectivity index (χ4v) is 2.41. The van der Waals surface area contributed by atoms with Crippen molar-refractivity contribution in [3.8, 4) is 5.75 Å². The van der Waals surface area contributed by atoms with Crippen LogP contribution in [0.2, 0.25) is 0 Å². The maximum atomic E-state index is 12.4. The molecule has 1 fully saturated rings. The van der Waals surface area contributed by atoms with Crippen LogP contribution >= 0.6 is 0 Å². The Morgan fingerprint density at radius 2 is 2.05 bits per heavy atom. The first-order chi connectivity index (χ1) is 9.46. The Morgan fingerprint density at radius 1 is 1.30 bits per heavy atom. The fourth-order valence-electron chi connectivity index (χ4n) is 2.41. The predicted molar refractivity (Wildman–Crippen MR) is 68.3 cm³/mol. The van der Waals surface area contributed by atoms with E-state index in [1.165, 1.54) is 12.1 Å². The molecule has 3 nitrogen and oxygen atoms in total. The molecule has 1 heterocycles. The average Bonchev–Trinajstić information content (AvgIpc) is 2.38. The van der Waals surface area contributed by atoms with Gasteiger partial charge in [0.15, 0.2) is 0 Å². The lowest BCUT2D eigenvalue weighted by Crippen LogP contribution is -2.26. The summed E-state index contributed by atoms with van der Waals surface area (Å²) in [5, 5.41) is 0. The van der Waals surface area contributed by atoms with Gasteiger partial charge in [-0.3, -0.25) is 0 Å². The van der Waals surface area contributed by atoms with Crippen LogP contribution in [0, 0.1) is 0 Å². The number of hydrogen-bond donors (Lipinski definition) is 1. The van der Waals surface area contributed by atoms with Crippen molar-refractivity contribution in [3.05, 3.63) is 29.8 Å². The van der Waals surface area contributed by atoms with E-state index in [9.17, 15) is 13.2 Å². The van der Waals surface area contributed by atoms with E-state index in [1.807, 2.05) is 0 Å². The standard InChI is InChI=1S/C14H18F3NO2/c15-14(16,17)20-13-7-2-1-6-11(13)12(18)9-10-5-3-4-8-19-10/h1-2,6-7,10,12H,3-5,8-9,18H2. The molecule has 2 N–H and O–H groups in total. The highest BCUT2D eigenvalue weighted by molar-refractivity contribution is 5.36. The molecule has 112 valence electrons. The fraction of sp³-hybridized carbons (Fsp3) is 0.571. The van der Waals surface area contributed by atoms with E-state index in [0.29, 0.717) is 18.6 Å². The number of benzene rings is 1. The molecular formula is C14H18F3NO2. The highest BCUT2D eigenvalue weighted by Gasteiger charge is 2.33. The van der Waals surface area contributed by atoms with Crippen LogP contribution < -0.4 is 10.5 Å². The van der Waals surface area contributed by atoms with Gasteiger partial charge in [-0.2, -0.15) is 0 Å². The van der Waals surface area contributed by atoms with Gasteiger partial charge >= 0.3 is 6.36 Å². The van der Waals surface area contributed by atoms with Crippen LogP contribution in [0.4, 0.5) is 13.2 Å². The second-order valence-corrected chi connectivity index (χ2v) is 4.92. The van der Waals surface area contributed by atoms with Gasteiger partial charge in [-0.05, 0) is 31.7 Å². The van der Waals surface area contributed by atoms with Crippen LogP contribution in [0.1, 0.15) is 37.3 Å². The highest BCUT2D eigenvalue weighted by Crippen LogP contribution is 2.32. The van der Waals surface area contributed by atoms with Gasteiger partial charge < -0.3 is 15.2 Å². The number of rotatable bonds is 4. The zero-order valence-electron chi connectivity index (χ0n) is 11.0. The molecule has 0 amide bonds. The monoisotopic (exact) mass is 289 g/mol. The lowest BCUT2D eigenvalue weighted by Gasteiger charge is -2.26. The second kappa shape index (κ2) is 6.45. The Labute approximate surface area is 115 Å². The van der Waals surface area contributed by atoms with E-state index in [0.717, 1.165) is 19.3 Å². The highest BCUT2D eigenvalue weighted by atomic mass is 19.4. The number of hydrogen-bond acceptors (Lipinski definition) is 3. The summed E-state index contributed by atoms with van der Waals surface area (Å²) in [5.74, 6) is -0.233. The van der Waals surface area contributed by atoms with Crippen molar-refractivity contribution in [2.24, 2.45) is 5.73 Å². The summed E-state index contributed by atoms with van der Waals surface area (Å²) in [6.07, 6.45) is -1.21. The Kier molecular flexibility index (Phi) is 4.88. The van der Waals surface area contributed by atoms with Crippen LogP contribution in [0.5, 0.6) is 5.75 Å². The second-order valence-electron chi connectivity index (χ2n) is 4.92. The molecule has 0 radical (unpaired) electrons. The Bertz CT molecular complexity index is 431. The summed E-state index contributed by atoms with van der Waals surface area (Å²) >= 11 is 0. The lowest BCUT2D eigenvalue weighted by atomic mass is 9.97. The molecule has 6 heteroatoms. The van der Waals surface area contributed by atoms with Crippen molar-refractivity contribution in [3.63, 3.8) is 0 Å². The summed E-state index contributed by atoms with van der Waals surface area (Å²) < 4.78 is 46.7.